The highest BCUT2D eigenvalue weighted by atomic mass is 32.1. The molecule has 2 aromatic rings. The Morgan fingerprint density at radius 2 is 2.09 bits per heavy atom. The molecule has 0 aromatic carbocycles. The Balaban J connectivity index is 1.26. The summed E-state index contributed by atoms with van der Waals surface area (Å²) in [5.74, 6) is 1.71. The van der Waals surface area contributed by atoms with Gasteiger partial charge in [0, 0.05) is 43.2 Å². The summed E-state index contributed by atoms with van der Waals surface area (Å²) in [6.07, 6.45) is 8.37. The molecule has 1 saturated heterocycles. The second-order valence-corrected chi connectivity index (χ2v) is 7.13. The molecule has 2 fully saturated rings. The number of hydrogen-bond acceptors (Lipinski definition) is 6. The number of aromatic nitrogens is 3. The van der Waals surface area contributed by atoms with Crippen LogP contribution in [0.3, 0.4) is 0 Å². The first kappa shape index (κ1) is 14.1. The predicted molar refractivity (Wildman–Crippen MR) is 88.0 cm³/mol. The molecule has 3 heterocycles. The lowest BCUT2D eigenvalue weighted by molar-refractivity contribution is 0.209. The van der Waals surface area contributed by atoms with E-state index in [0.717, 1.165) is 44.2 Å². The number of anilines is 1. The van der Waals surface area contributed by atoms with E-state index in [-0.39, 0.29) is 0 Å². The number of hydrogen-bond donors (Lipinski definition) is 1. The van der Waals surface area contributed by atoms with Crippen LogP contribution in [0.4, 0.5) is 5.82 Å². The predicted octanol–water partition coefficient (Wildman–Crippen LogP) is 2.89. The molecule has 0 unspecified atom stereocenters. The zero-order chi connectivity index (χ0) is 14.8. The second-order valence-electron chi connectivity index (χ2n) is 6.24. The van der Waals surface area contributed by atoms with Crippen molar-refractivity contribution in [3.8, 4) is 0 Å². The molecule has 1 N–H and O–H groups in total. The van der Waals surface area contributed by atoms with Crippen molar-refractivity contribution in [3.63, 3.8) is 0 Å². The summed E-state index contributed by atoms with van der Waals surface area (Å²) in [6.45, 7) is 3.25. The SMILES string of the molecule is c1cc(NC2CCN(Cc3csc(C4CC4)n3)CC2)ncn1. The fraction of sp³-hybridized carbons (Fsp3) is 0.562. The first-order valence-corrected chi connectivity index (χ1v) is 8.94. The third-order valence-electron chi connectivity index (χ3n) is 4.40. The molecular weight excluding hydrogens is 294 g/mol. The standard InChI is InChI=1S/C16H21N5S/c1-2-12(1)16-20-14(10-22-16)9-21-7-4-13(5-8-21)19-15-3-6-17-11-18-15/h3,6,10-13H,1-2,4-5,7-9H2,(H,17,18,19). The van der Waals surface area contributed by atoms with E-state index in [1.165, 1.54) is 23.5 Å². The van der Waals surface area contributed by atoms with Gasteiger partial charge < -0.3 is 5.32 Å². The Morgan fingerprint density at radius 3 is 2.82 bits per heavy atom. The molecule has 1 aliphatic carbocycles. The zero-order valence-electron chi connectivity index (χ0n) is 12.6. The van der Waals surface area contributed by atoms with E-state index in [2.05, 4.69) is 25.6 Å². The minimum atomic E-state index is 0.517. The van der Waals surface area contributed by atoms with E-state index < -0.39 is 0 Å². The number of nitrogens with zero attached hydrogens (tertiary/aromatic N) is 4. The van der Waals surface area contributed by atoms with Crippen molar-refractivity contribution >= 4 is 17.2 Å². The van der Waals surface area contributed by atoms with E-state index in [4.69, 9.17) is 4.98 Å². The van der Waals surface area contributed by atoms with Crippen molar-refractivity contribution in [3.05, 3.63) is 34.7 Å². The lowest BCUT2D eigenvalue weighted by Gasteiger charge is -2.32. The van der Waals surface area contributed by atoms with Crippen LogP contribution in [0.25, 0.3) is 0 Å². The van der Waals surface area contributed by atoms with Gasteiger partial charge in [0.05, 0.1) is 10.7 Å². The summed E-state index contributed by atoms with van der Waals surface area (Å²) in [6, 6.07) is 2.45. The Hall–Kier alpha value is -1.53. The van der Waals surface area contributed by atoms with Gasteiger partial charge in [-0.3, -0.25) is 4.90 Å². The maximum absolute atomic E-state index is 4.80. The Bertz CT molecular complexity index is 602. The molecule has 1 saturated carbocycles. The van der Waals surface area contributed by atoms with Crippen LogP contribution in [0, 0.1) is 0 Å². The molecule has 2 aromatic heterocycles. The normalized spacial score (nSPS) is 20.2. The van der Waals surface area contributed by atoms with Crippen LogP contribution in [-0.2, 0) is 6.54 Å². The molecule has 0 radical (unpaired) electrons. The van der Waals surface area contributed by atoms with Crippen molar-refractivity contribution in [1.82, 2.24) is 19.9 Å². The monoisotopic (exact) mass is 315 g/mol. The largest absolute Gasteiger partial charge is 0.367 e. The summed E-state index contributed by atoms with van der Waals surface area (Å²) in [4.78, 5) is 15.5. The van der Waals surface area contributed by atoms with Crippen LogP contribution in [-0.4, -0.2) is 39.0 Å². The number of likely N-dealkylation sites (tertiary alicyclic amines) is 1. The van der Waals surface area contributed by atoms with Crippen molar-refractivity contribution in [1.29, 1.82) is 0 Å². The third kappa shape index (κ3) is 3.44. The van der Waals surface area contributed by atoms with Crippen molar-refractivity contribution in [2.45, 2.75) is 44.2 Å². The van der Waals surface area contributed by atoms with Gasteiger partial charge in [0.1, 0.15) is 12.1 Å². The molecule has 6 heteroatoms. The molecule has 5 nitrogen and oxygen atoms in total. The smallest absolute Gasteiger partial charge is 0.129 e. The fourth-order valence-corrected chi connectivity index (χ4v) is 3.94. The molecule has 0 amide bonds. The van der Waals surface area contributed by atoms with Gasteiger partial charge >= 0.3 is 0 Å². The molecule has 1 aliphatic heterocycles. The van der Waals surface area contributed by atoms with E-state index in [9.17, 15) is 0 Å². The third-order valence-corrected chi connectivity index (χ3v) is 5.46. The van der Waals surface area contributed by atoms with Gasteiger partial charge in [-0.1, -0.05) is 0 Å². The van der Waals surface area contributed by atoms with Crippen molar-refractivity contribution < 1.29 is 0 Å². The molecular formula is C16H21N5S. The number of piperidine rings is 1. The Labute approximate surface area is 134 Å². The van der Waals surface area contributed by atoms with E-state index in [0.29, 0.717) is 6.04 Å². The summed E-state index contributed by atoms with van der Waals surface area (Å²) in [7, 11) is 0. The minimum Gasteiger partial charge on any atom is -0.367 e. The topological polar surface area (TPSA) is 53.9 Å². The van der Waals surface area contributed by atoms with E-state index >= 15 is 0 Å². The summed E-state index contributed by atoms with van der Waals surface area (Å²) >= 11 is 1.85. The summed E-state index contributed by atoms with van der Waals surface area (Å²) < 4.78 is 0. The molecule has 22 heavy (non-hydrogen) atoms. The highest BCUT2D eigenvalue weighted by Gasteiger charge is 2.27. The van der Waals surface area contributed by atoms with Gasteiger partial charge in [0.2, 0.25) is 0 Å². The van der Waals surface area contributed by atoms with Gasteiger partial charge in [-0.15, -0.1) is 11.3 Å². The number of thiazole rings is 1. The maximum Gasteiger partial charge on any atom is 0.129 e. The van der Waals surface area contributed by atoms with Gasteiger partial charge in [-0.05, 0) is 31.7 Å². The maximum atomic E-state index is 4.80. The average molecular weight is 315 g/mol. The van der Waals surface area contributed by atoms with Gasteiger partial charge in [0.25, 0.3) is 0 Å². The minimum absolute atomic E-state index is 0.517. The fourth-order valence-electron chi connectivity index (χ4n) is 2.96. The van der Waals surface area contributed by atoms with Crippen LogP contribution < -0.4 is 5.32 Å². The lowest BCUT2D eigenvalue weighted by Crippen LogP contribution is -2.38. The van der Waals surface area contributed by atoms with Crippen LogP contribution in [0.15, 0.2) is 24.0 Å². The van der Waals surface area contributed by atoms with E-state index in [1.54, 1.807) is 12.5 Å². The van der Waals surface area contributed by atoms with Crippen molar-refractivity contribution in [2.24, 2.45) is 0 Å². The first-order chi connectivity index (χ1) is 10.9. The van der Waals surface area contributed by atoms with E-state index in [1.807, 2.05) is 17.4 Å². The molecule has 0 spiro atoms. The van der Waals surface area contributed by atoms with Crippen LogP contribution in [0.2, 0.25) is 0 Å². The summed E-state index contributed by atoms with van der Waals surface area (Å²) in [5, 5.41) is 7.11. The van der Waals surface area contributed by atoms with Crippen LogP contribution in [0.5, 0.6) is 0 Å². The number of rotatable bonds is 5. The average Bonchev–Trinajstić information content (AvgIpc) is 3.30. The van der Waals surface area contributed by atoms with Gasteiger partial charge in [0.15, 0.2) is 0 Å². The quantitative estimate of drug-likeness (QED) is 0.919. The Morgan fingerprint density at radius 1 is 1.23 bits per heavy atom. The molecule has 0 bridgehead atoms. The molecule has 116 valence electrons. The van der Waals surface area contributed by atoms with Crippen LogP contribution >= 0.6 is 11.3 Å². The molecule has 0 atom stereocenters. The molecule has 2 aliphatic rings. The van der Waals surface area contributed by atoms with Crippen molar-refractivity contribution in [2.75, 3.05) is 18.4 Å². The first-order valence-electron chi connectivity index (χ1n) is 8.06. The highest BCUT2D eigenvalue weighted by Crippen LogP contribution is 2.41. The second kappa shape index (κ2) is 6.30. The number of nitrogens with one attached hydrogen (secondary N) is 1. The van der Waals surface area contributed by atoms with Crippen LogP contribution in [0.1, 0.15) is 42.3 Å². The molecule has 4 rings (SSSR count). The lowest BCUT2D eigenvalue weighted by atomic mass is 10.0. The van der Waals surface area contributed by atoms with Gasteiger partial charge in [-0.2, -0.15) is 0 Å². The Kier molecular flexibility index (Phi) is 4.03. The zero-order valence-corrected chi connectivity index (χ0v) is 13.4. The van der Waals surface area contributed by atoms with Gasteiger partial charge in [-0.25, -0.2) is 15.0 Å². The highest BCUT2D eigenvalue weighted by molar-refractivity contribution is 7.09. The summed E-state index contributed by atoms with van der Waals surface area (Å²) in [5.41, 5.74) is 1.26.